The van der Waals surface area contributed by atoms with Crippen LogP contribution in [0.2, 0.25) is 5.02 Å². The fraction of sp³-hybridized carbons (Fsp3) is 0.267. The number of amides is 1. The Morgan fingerprint density at radius 1 is 1.40 bits per heavy atom. The third kappa shape index (κ3) is 2.41. The van der Waals surface area contributed by atoms with Gasteiger partial charge >= 0.3 is 0 Å². The molecular weight excluding hydrogens is 292 g/mol. The Morgan fingerprint density at radius 3 is 2.95 bits per heavy atom. The number of nitrogens with zero attached hydrogens (tertiary/aromatic N) is 1. The Morgan fingerprint density at radius 2 is 2.25 bits per heavy atom. The number of halogens is 1. The van der Waals surface area contributed by atoms with E-state index in [0.717, 1.165) is 19.4 Å². The van der Waals surface area contributed by atoms with Crippen LogP contribution in [0.3, 0.4) is 0 Å². The Labute approximate surface area is 127 Å². The van der Waals surface area contributed by atoms with E-state index in [4.69, 9.17) is 17.3 Å². The number of nitrogens with two attached hydrogens (primary N) is 1. The van der Waals surface area contributed by atoms with Gasteiger partial charge in [-0.05, 0) is 53.4 Å². The number of anilines is 1. The molecule has 1 aromatic carbocycles. The third-order valence-corrected chi connectivity index (χ3v) is 4.72. The van der Waals surface area contributed by atoms with Gasteiger partial charge in [0, 0.05) is 12.1 Å². The fourth-order valence-electron chi connectivity index (χ4n) is 2.65. The summed E-state index contributed by atoms with van der Waals surface area (Å²) in [5.41, 5.74) is 8.02. The van der Waals surface area contributed by atoms with Crippen molar-refractivity contribution in [1.29, 1.82) is 0 Å². The van der Waals surface area contributed by atoms with Gasteiger partial charge in [-0.25, -0.2) is 0 Å². The standard InChI is InChI=1S/C15H15ClN2OS/c16-12-8-10(3-4-13(12)17)15(19)18-6-1-2-14(18)11-5-7-20-9-11/h3-5,7-9,14H,1-2,6,17H2. The summed E-state index contributed by atoms with van der Waals surface area (Å²) in [6.45, 7) is 0.793. The van der Waals surface area contributed by atoms with Gasteiger partial charge in [-0.2, -0.15) is 11.3 Å². The molecule has 2 N–H and O–H groups in total. The van der Waals surface area contributed by atoms with Crippen LogP contribution in [-0.4, -0.2) is 17.4 Å². The lowest BCUT2D eigenvalue weighted by Crippen LogP contribution is -2.30. The molecule has 20 heavy (non-hydrogen) atoms. The molecule has 1 fully saturated rings. The lowest BCUT2D eigenvalue weighted by atomic mass is 10.1. The average molecular weight is 307 g/mol. The monoisotopic (exact) mass is 306 g/mol. The number of nitrogen functional groups attached to an aromatic ring is 1. The molecule has 2 heterocycles. The summed E-state index contributed by atoms with van der Waals surface area (Å²) in [6.07, 6.45) is 2.06. The number of hydrogen-bond donors (Lipinski definition) is 1. The fourth-order valence-corrected chi connectivity index (χ4v) is 3.53. The molecule has 104 valence electrons. The van der Waals surface area contributed by atoms with Gasteiger partial charge < -0.3 is 10.6 Å². The van der Waals surface area contributed by atoms with Crippen LogP contribution in [0.4, 0.5) is 5.69 Å². The van der Waals surface area contributed by atoms with E-state index >= 15 is 0 Å². The van der Waals surface area contributed by atoms with E-state index in [0.29, 0.717) is 16.3 Å². The summed E-state index contributed by atoms with van der Waals surface area (Å²) in [7, 11) is 0. The second-order valence-electron chi connectivity index (χ2n) is 4.95. The summed E-state index contributed by atoms with van der Waals surface area (Å²) in [5, 5.41) is 4.60. The minimum atomic E-state index is 0.0283. The maximum Gasteiger partial charge on any atom is 0.254 e. The molecule has 5 heteroatoms. The molecule has 1 amide bonds. The van der Waals surface area contributed by atoms with Gasteiger partial charge in [0.2, 0.25) is 0 Å². The molecule has 1 aromatic heterocycles. The molecule has 1 saturated heterocycles. The van der Waals surface area contributed by atoms with E-state index in [2.05, 4.69) is 16.8 Å². The van der Waals surface area contributed by atoms with Crippen molar-refractivity contribution in [2.24, 2.45) is 0 Å². The van der Waals surface area contributed by atoms with Crippen molar-refractivity contribution < 1.29 is 4.79 Å². The number of benzene rings is 1. The third-order valence-electron chi connectivity index (χ3n) is 3.69. The molecule has 1 aliphatic rings. The largest absolute Gasteiger partial charge is 0.398 e. The molecule has 3 nitrogen and oxygen atoms in total. The number of carbonyl (C=O) groups is 1. The van der Waals surface area contributed by atoms with E-state index in [1.807, 2.05) is 4.90 Å². The molecule has 0 aliphatic carbocycles. The highest BCUT2D eigenvalue weighted by Crippen LogP contribution is 2.34. The van der Waals surface area contributed by atoms with Crippen molar-refractivity contribution in [1.82, 2.24) is 4.90 Å². The van der Waals surface area contributed by atoms with Gasteiger partial charge in [0.1, 0.15) is 0 Å². The van der Waals surface area contributed by atoms with E-state index < -0.39 is 0 Å². The van der Waals surface area contributed by atoms with Crippen molar-refractivity contribution in [3.05, 3.63) is 51.2 Å². The van der Waals surface area contributed by atoms with Crippen LogP contribution in [0.25, 0.3) is 0 Å². The first-order chi connectivity index (χ1) is 9.66. The molecule has 0 bridgehead atoms. The number of carbonyl (C=O) groups excluding carboxylic acids is 1. The second kappa shape index (κ2) is 5.46. The highest BCUT2D eigenvalue weighted by molar-refractivity contribution is 7.08. The topological polar surface area (TPSA) is 46.3 Å². The van der Waals surface area contributed by atoms with E-state index in [-0.39, 0.29) is 11.9 Å². The van der Waals surface area contributed by atoms with Gasteiger partial charge in [0.05, 0.1) is 16.8 Å². The molecule has 1 unspecified atom stereocenters. The molecule has 0 spiro atoms. The maximum absolute atomic E-state index is 12.6. The smallest absolute Gasteiger partial charge is 0.254 e. The number of rotatable bonds is 2. The Bertz CT molecular complexity index is 627. The Hall–Kier alpha value is -1.52. The summed E-state index contributed by atoms with van der Waals surface area (Å²) < 4.78 is 0. The van der Waals surface area contributed by atoms with Crippen molar-refractivity contribution >= 4 is 34.5 Å². The van der Waals surface area contributed by atoms with E-state index in [1.165, 1.54) is 5.56 Å². The number of thiophene rings is 1. The first kappa shape index (κ1) is 13.5. The lowest BCUT2D eigenvalue weighted by molar-refractivity contribution is 0.0736. The van der Waals surface area contributed by atoms with Crippen LogP contribution in [0.5, 0.6) is 0 Å². The maximum atomic E-state index is 12.6. The van der Waals surface area contributed by atoms with Crippen molar-refractivity contribution in [2.45, 2.75) is 18.9 Å². The van der Waals surface area contributed by atoms with Crippen LogP contribution in [0.1, 0.15) is 34.8 Å². The lowest BCUT2D eigenvalue weighted by Gasteiger charge is -2.24. The Kier molecular flexibility index (Phi) is 3.68. The quantitative estimate of drug-likeness (QED) is 0.854. The summed E-state index contributed by atoms with van der Waals surface area (Å²) in [6, 6.07) is 7.36. The van der Waals surface area contributed by atoms with Crippen LogP contribution < -0.4 is 5.73 Å². The normalized spacial score (nSPS) is 18.4. The Balaban J connectivity index is 1.87. The average Bonchev–Trinajstić information content (AvgIpc) is 3.10. The minimum Gasteiger partial charge on any atom is -0.398 e. The molecule has 1 atom stereocenters. The molecular formula is C15H15ClN2OS. The summed E-state index contributed by atoms with van der Waals surface area (Å²) >= 11 is 7.67. The highest BCUT2D eigenvalue weighted by Gasteiger charge is 2.30. The molecule has 3 rings (SSSR count). The molecule has 2 aromatic rings. The summed E-state index contributed by atoms with van der Waals surface area (Å²) in [5.74, 6) is 0.0283. The zero-order valence-electron chi connectivity index (χ0n) is 10.9. The molecule has 0 radical (unpaired) electrons. The van der Waals surface area contributed by atoms with Crippen molar-refractivity contribution in [3.63, 3.8) is 0 Å². The van der Waals surface area contributed by atoms with Crippen LogP contribution >= 0.6 is 22.9 Å². The SMILES string of the molecule is Nc1ccc(C(=O)N2CCCC2c2ccsc2)cc1Cl. The molecule has 1 aliphatic heterocycles. The zero-order valence-corrected chi connectivity index (χ0v) is 12.5. The van der Waals surface area contributed by atoms with Crippen LogP contribution in [-0.2, 0) is 0 Å². The predicted molar refractivity (Wildman–Crippen MR) is 83.2 cm³/mol. The van der Waals surface area contributed by atoms with Crippen LogP contribution in [0.15, 0.2) is 35.0 Å². The first-order valence-corrected chi connectivity index (χ1v) is 7.87. The second-order valence-corrected chi connectivity index (χ2v) is 6.14. The first-order valence-electron chi connectivity index (χ1n) is 6.55. The number of hydrogen-bond acceptors (Lipinski definition) is 3. The van der Waals surface area contributed by atoms with E-state index in [9.17, 15) is 4.79 Å². The van der Waals surface area contributed by atoms with Crippen molar-refractivity contribution in [3.8, 4) is 0 Å². The summed E-state index contributed by atoms with van der Waals surface area (Å²) in [4.78, 5) is 14.6. The van der Waals surface area contributed by atoms with Gasteiger partial charge in [0.25, 0.3) is 5.91 Å². The number of likely N-dealkylation sites (tertiary alicyclic amines) is 1. The van der Waals surface area contributed by atoms with Gasteiger partial charge in [0.15, 0.2) is 0 Å². The predicted octanol–water partition coefficient (Wildman–Crippen LogP) is 3.96. The van der Waals surface area contributed by atoms with Crippen LogP contribution in [0, 0.1) is 0 Å². The van der Waals surface area contributed by atoms with Gasteiger partial charge in [-0.15, -0.1) is 0 Å². The highest BCUT2D eigenvalue weighted by atomic mass is 35.5. The van der Waals surface area contributed by atoms with Gasteiger partial charge in [-0.3, -0.25) is 4.79 Å². The molecule has 0 saturated carbocycles. The van der Waals surface area contributed by atoms with Gasteiger partial charge in [-0.1, -0.05) is 11.6 Å². The van der Waals surface area contributed by atoms with E-state index in [1.54, 1.807) is 29.5 Å². The zero-order chi connectivity index (χ0) is 14.1. The minimum absolute atomic E-state index is 0.0283. The van der Waals surface area contributed by atoms with Crippen molar-refractivity contribution in [2.75, 3.05) is 12.3 Å².